The highest BCUT2D eigenvalue weighted by Crippen LogP contribution is 2.41. The molecule has 2 unspecified atom stereocenters. The third-order valence-electron chi connectivity index (χ3n) is 7.47. The summed E-state index contributed by atoms with van der Waals surface area (Å²) in [5, 5.41) is 11.0. The van der Waals surface area contributed by atoms with Crippen molar-refractivity contribution in [3.8, 4) is 6.07 Å². The lowest BCUT2D eigenvalue weighted by molar-refractivity contribution is -0.145. The largest absolute Gasteiger partial charge is 0.466 e. The van der Waals surface area contributed by atoms with E-state index in [1.807, 2.05) is 90.3 Å². The van der Waals surface area contributed by atoms with Crippen LogP contribution in [-0.2, 0) is 27.2 Å². The molecule has 7 nitrogen and oxygen atoms in total. The lowest BCUT2D eigenvalue weighted by atomic mass is 9.95. The number of nitrogens with zero attached hydrogens (tertiary/aromatic N) is 3. The molecule has 2 amide bonds. The molecule has 1 aliphatic rings. The summed E-state index contributed by atoms with van der Waals surface area (Å²) in [7, 11) is 1.69. The van der Waals surface area contributed by atoms with Gasteiger partial charge < -0.3 is 14.5 Å². The molecule has 1 aromatic heterocycles. The van der Waals surface area contributed by atoms with Gasteiger partial charge >= 0.3 is 5.97 Å². The Bertz CT molecular complexity index is 1630. The average Bonchev–Trinajstić information content (AvgIpc) is 3.47. The number of carbonyl (C=O) groups excluding carboxylic acids is 3. The molecule has 212 valence electrons. The maximum Gasteiger partial charge on any atom is 0.308 e. The molecule has 5 rings (SSSR count). The molecule has 3 aromatic carbocycles. The van der Waals surface area contributed by atoms with Crippen LogP contribution in [0.4, 0.5) is 5.69 Å². The number of fused-ring (bicyclic) bond motifs is 1. The minimum absolute atomic E-state index is 0.0987. The number of esters is 1. The topological polar surface area (TPSA) is 90.7 Å². The van der Waals surface area contributed by atoms with E-state index in [4.69, 9.17) is 10.00 Å². The van der Waals surface area contributed by atoms with E-state index in [-0.39, 0.29) is 24.8 Å². The molecule has 2 atom stereocenters. The highest BCUT2D eigenvalue weighted by molar-refractivity contribution is 7.10. The van der Waals surface area contributed by atoms with Crippen molar-refractivity contribution >= 4 is 34.8 Å². The van der Waals surface area contributed by atoms with Gasteiger partial charge in [0.25, 0.3) is 11.8 Å². The molecule has 0 fully saturated rings. The Morgan fingerprint density at radius 1 is 1.00 bits per heavy atom. The minimum Gasteiger partial charge on any atom is -0.466 e. The lowest BCUT2D eigenvalue weighted by Crippen LogP contribution is -2.44. The molecule has 1 aliphatic heterocycles. The van der Waals surface area contributed by atoms with Gasteiger partial charge in [0, 0.05) is 17.3 Å². The number of carbonyl (C=O) groups is 3. The van der Waals surface area contributed by atoms with Gasteiger partial charge in [0.05, 0.1) is 42.0 Å². The van der Waals surface area contributed by atoms with Crippen molar-refractivity contribution in [3.05, 3.63) is 123 Å². The Kier molecular flexibility index (Phi) is 8.80. The van der Waals surface area contributed by atoms with Crippen molar-refractivity contribution < 1.29 is 19.1 Å². The second-order valence-corrected chi connectivity index (χ2v) is 11.1. The zero-order valence-corrected chi connectivity index (χ0v) is 24.3. The first-order valence-corrected chi connectivity index (χ1v) is 14.8. The van der Waals surface area contributed by atoms with Crippen LogP contribution in [0.5, 0.6) is 0 Å². The fourth-order valence-electron chi connectivity index (χ4n) is 5.41. The van der Waals surface area contributed by atoms with Crippen molar-refractivity contribution in [1.82, 2.24) is 4.90 Å². The van der Waals surface area contributed by atoms with Gasteiger partial charge in [-0.25, -0.2) is 0 Å². The highest BCUT2D eigenvalue weighted by atomic mass is 32.1. The molecular formula is C34H31N3O4S. The molecule has 0 radical (unpaired) electrons. The molecule has 0 aliphatic carbocycles. The van der Waals surface area contributed by atoms with Gasteiger partial charge in [-0.1, -0.05) is 66.7 Å². The van der Waals surface area contributed by atoms with E-state index in [1.54, 1.807) is 35.1 Å². The molecule has 0 bridgehead atoms. The Labute approximate surface area is 249 Å². The molecular weight excluding hydrogens is 546 g/mol. The van der Waals surface area contributed by atoms with Crippen molar-refractivity contribution in [2.75, 3.05) is 18.6 Å². The second kappa shape index (κ2) is 12.8. The summed E-state index contributed by atoms with van der Waals surface area (Å²) in [5.41, 5.74) is 3.89. The van der Waals surface area contributed by atoms with Crippen molar-refractivity contribution in [1.29, 1.82) is 5.26 Å². The normalized spacial score (nSPS) is 15.5. The summed E-state index contributed by atoms with van der Waals surface area (Å²) in [5.74, 6) is -1.05. The fourth-order valence-corrected chi connectivity index (χ4v) is 6.22. The summed E-state index contributed by atoms with van der Waals surface area (Å²) in [6.07, 6.45) is 1.29. The van der Waals surface area contributed by atoms with Crippen molar-refractivity contribution in [3.63, 3.8) is 0 Å². The third-order valence-corrected chi connectivity index (χ3v) is 8.47. The second-order valence-electron chi connectivity index (χ2n) is 10.1. The first-order valence-electron chi connectivity index (χ1n) is 13.9. The number of nitriles is 1. The van der Waals surface area contributed by atoms with E-state index in [1.165, 1.54) is 0 Å². The standard InChI is InChI=1S/C34H31N3O4S/c1-3-41-31(38)20-30(25-10-6-4-7-11-25)37-32(26-12-8-5-9-13-26)34(40)36(2)29-17-15-23(19-28(29)33(37)39)14-16-27-18-24(21-35)22-42-27/h4-13,15,17-19,22,30,32H,3,14,16,20H2,1-2H3. The SMILES string of the molecule is CCOC(=O)CC(c1ccccc1)N1C(=O)c2cc(CCc3cc(C#N)cs3)ccc2N(C)C(=O)C1c1ccccc1. The first kappa shape index (κ1) is 28.8. The quantitative estimate of drug-likeness (QED) is 0.219. The number of hydrogen-bond donors (Lipinski definition) is 0. The van der Waals surface area contributed by atoms with Gasteiger partial charge in [-0.05, 0) is 54.7 Å². The predicted molar refractivity (Wildman–Crippen MR) is 162 cm³/mol. The van der Waals surface area contributed by atoms with Gasteiger partial charge in [-0.3, -0.25) is 14.4 Å². The smallest absolute Gasteiger partial charge is 0.308 e. The van der Waals surface area contributed by atoms with E-state index < -0.39 is 18.1 Å². The number of ether oxygens (including phenoxy) is 1. The number of benzene rings is 3. The van der Waals surface area contributed by atoms with Crippen LogP contribution in [0.3, 0.4) is 0 Å². The van der Waals surface area contributed by atoms with Crippen molar-refractivity contribution in [2.45, 2.75) is 38.3 Å². The maximum atomic E-state index is 14.7. The average molecular weight is 578 g/mol. The number of thiophene rings is 1. The van der Waals surface area contributed by atoms with E-state index >= 15 is 0 Å². The van der Waals surface area contributed by atoms with Gasteiger partial charge in [-0.2, -0.15) is 5.26 Å². The lowest BCUT2D eigenvalue weighted by Gasteiger charge is -2.37. The molecule has 4 aromatic rings. The third kappa shape index (κ3) is 5.97. The van der Waals surface area contributed by atoms with Crippen LogP contribution in [0.1, 0.15) is 62.9 Å². The summed E-state index contributed by atoms with van der Waals surface area (Å²) in [4.78, 5) is 46.0. The Morgan fingerprint density at radius 2 is 1.71 bits per heavy atom. The van der Waals surface area contributed by atoms with Crippen LogP contribution in [0.15, 0.2) is 90.3 Å². The van der Waals surface area contributed by atoms with E-state index in [0.717, 1.165) is 22.4 Å². The van der Waals surface area contributed by atoms with Crippen molar-refractivity contribution in [2.24, 2.45) is 0 Å². The molecule has 0 N–H and O–H groups in total. The number of anilines is 1. The molecule has 0 saturated carbocycles. The van der Waals surface area contributed by atoms with Gasteiger partial charge in [0.15, 0.2) is 0 Å². The zero-order valence-electron chi connectivity index (χ0n) is 23.5. The highest BCUT2D eigenvalue weighted by Gasteiger charge is 2.43. The number of likely N-dealkylation sites (N-methyl/N-ethyl adjacent to an activating group) is 1. The number of hydrogen-bond acceptors (Lipinski definition) is 6. The van der Waals surface area contributed by atoms with Crippen LogP contribution >= 0.6 is 11.3 Å². The molecule has 42 heavy (non-hydrogen) atoms. The van der Waals surface area contributed by atoms with E-state index in [9.17, 15) is 14.4 Å². The van der Waals surface area contributed by atoms with E-state index in [2.05, 4.69) is 6.07 Å². The Hall–Kier alpha value is -4.74. The fraction of sp³-hybridized carbons (Fsp3) is 0.235. The Morgan fingerprint density at radius 3 is 2.38 bits per heavy atom. The summed E-state index contributed by atoms with van der Waals surface area (Å²) in [6.45, 7) is 1.96. The van der Waals surface area contributed by atoms with Gasteiger partial charge in [-0.15, -0.1) is 11.3 Å². The van der Waals surface area contributed by atoms with Crippen LogP contribution in [-0.4, -0.2) is 36.3 Å². The maximum absolute atomic E-state index is 14.7. The van der Waals surface area contributed by atoms with Crippen LogP contribution in [0, 0.1) is 11.3 Å². The van der Waals surface area contributed by atoms with E-state index in [0.29, 0.717) is 28.8 Å². The molecule has 0 spiro atoms. The van der Waals surface area contributed by atoms with Crippen LogP contribution in [0.25, 0.3) is 0 Å². The summed E-state index contributed by atoms with van der Waals surface area (Å²) < 4.78 is 5.32. The minimum atomic E-state index is -0.963. The van der Waals surface area contributed by atoms with Gasteiger partial charge in [0.2, 0.25) is 0 Å². The first-order chi connectivity index (χ1) is 20.4. The monoisotopic (exact) mass is 577 g/mol. The van der Waals surface area contributed by atoms with Gasteiger partial charge in [0.1, 0.15) is 6.04 Å². The summed E-state index contributed by atoms with van der Waals surface area (Å²) in [6, 6.07) is 26.5. The molecule has 0 saturated heterocycles. The Balaban J connectivity index is 1.61. The van der Waals surface area contributed by atoms with Crippen LogP contribution < -0.4 is 4.90 Å². The predicted octanol–water partition coefficient (Wildman–Crippen LogP) is 6.26. The number of aryl methyl sites for hydroxylation is 2. The molecule has 2 heterocycles. The number of rotatable bonds is 9. The molecule has 8 heteroatoms. The zero-order chi connectivity index (χ0) is 29.6. The summed E-state index contributed by atoms with van der Waals surface area (Å²) >= 11 is 1.54. The van der Waals surface area contributed by atoms with Crippen LogP contribution in [0.2, 0.25) is 0 Å². The number of amides is 2.